The van der Waals surface area contributed by atoms with Crippen LogP contribution in [0.3, 0.4) is 0 Å². The summed E-state index contributed by atoms with van der Waals surface area (Å²) in [7, 11) is 0. The van der Waals surface area contributed by atoms with Crippen LogP contribution >= 0.6 is 0 Å². The SMILES string of the molecule is CCCCc1cc(C)c2[nH]c(CCCC)nc2n1. The molecule has 0 atom stereocenters. The van der Waals surface area contributed by atoms with E-state index in [1.807, 2.05) is 0 Å². The van der Waals surface area contributed by atoms with Gasteiger partial charge in [-0.3, -0.25) is 0 Å². The number of unbranched alkanes of at least 4 members (excludes halogenated alkanes) is 2. The van der Waals surface area contributed by atoms with Gasteiger partial charge in [0.15, 0.2) is 5.65 Å². The van der Waals surface area contributed by atoms with Crippen LogP contribution in [0.2, 0.25) is 0 Å². The number of hydrogen-bond acceptors (Lipinski definition) is 2. The van der Waals surface area contributed by atoms with Crippen LogP contribution in [0.25, 0.3) is 11.2 Å². The Hall–Kier alpha value is -1.38. The first-order chi connectivity index (χ1) is 8.74. The summed E-state index contributed by atoms with van der Waals surface area (Å²) in [5.74, 6) is 1.08. The molecule has 0 aliphatic rings. The molecule has 3 nitrogen and oxygen atoms in total. The number of aryl methyl sites for hydroxylation is 3. The van der Waals surface area contributed by atoms with Gasteiger partial charge in [0.1, 0.15) is 5.82 Å². The number of nitrogens with zero attached hydrogens (tertiary/aromatic N) is 2. The van der Waals surface area contributed by atoms with Crippen LogP contribution in [0, 0.1) is 6.92 Å². The molecular formula is C15H23N3. The van der Waals surface area contributed by atoms with Crippen molar-refractivity contribution in [3.8, 4) is 0 Å². The lowest BCUT2D eigenvalue weighted by molar-refractivity contribution is 0.763. The molecule has 0 spiro atoms. The summed E-state index contributed by atoms with van der Waals surface area (Å²) in [5.41, 5.74) is 4.45. The molecule has 2 heterocycles. The Labute approximate surface area is 109 Å². The summed E-state index contributed by atoms with van der Waals surface area (Å²) in [4.78, 5) is 12.7. The Bertz CT molecular complexity index is 514. The standard InChI is InChI=1S/C15H23N3/c1-4-6-8-12-10-11(3)14-15(16-12)18-13(17-14)9-7-5-2/h10H,4-9H2,1-3H3,(H,16,17,18). The highest BCUT2D eigenvalue weighted by atomic mass is 15.0. The van der Waals surface area contributed by atoms with E-state index in [1.165, 1.54) is 36.9 Å². The van der Waals surface area contributed by atoms with Crippen molar-refractivity contribution in [1.29, 1.82) is 0 Å². The van der Waals surface area contributed by atoms with E-state index in [-0.39, 0.29) is 0 Å². The summed E-state index contributed by atoms with van der Waals surface area (Å²) < 4.78 is 0. The Balaban J connectivity index is 2.27. The van der Waals surface area contributed by atoms with Crippen LogP contribution in [0.5, 0.6) is 0 Å². The molecular weight excluding hydrogens is 222 g/mol. The van der Waals surface area contributed by atoms with Crippen molar-refractivity contribution >= 4 is 11.2 Å². The summed E-state index contributed by atoms with van der Waals surface area (Å²) in [6, 6.07) is 2.19. The van der Waals surface area contributed by atoms with Crippen LogP contribution in [0.4, 0.5) is 0 Å². The van der Waals surface area contributed by atoms with Gasteiger partial charge < -0.3 is 4.98 Å². The molecule has 0 unspecified atom stereocenters. The van der Waals surface area contributed by atoms with E-state index in [4.69, 9.17) is 0 Å². The van der Waals surface area contributed by atoms with E-state index >= 15 is 0 Å². The number of aromatic amines is 1. The third kappa shape index (κ3) is 2.89. The van der Waals surface area contributed by atoms with Gasteiger partial charge in [0, 0.05) is 12.1 Å². The molecule has 0 bridgehead atoms. The quantitative estimate of drug-likeness (QED) is 0.837. The van der Waals surface area contributed by atoms with Crippen LogP contribution < -0.4 is 0 Å². The zero-order valence-corrected chi connectivity index (χ0v) is 11.7. The van der Waals surface area contributed by atoms with E-state index in [2.05, 4.69) is 41.8 Å². The number of aromatic nitrogens is 3. The van der Waals surface area contributed by atoms with Crippen molar-refractivity contribution in [1.82, 2.24) is 15.0 Å². The molecule has 0 amide bonds. The molecule has 2 rings (SSSR count). The normalized spacial score (nSPS) is 11.3. The third-order valence-electron chi connectivity index (χ3n) is 3.31. The topological polar surface area (TPSA) is 41.6 Å². The summed E-state index contributed by atoms with van der Waals surface area (Å²) in [5, 5.41) is 0. The summed E-state index contributed by atoms with van der Waals surface area (Å²) >= 11 is 0. The fraction of sp³-hybridized carbons (Fsp3) is 0.600. The fourth-order valence-corrected chi connectivity index (χ4v) is 2.21. The molecule has 18 heavy (non-hydrogen) atoms. The van der Waals surface area contributed by atoms with E-state index in [0.29, 0.717) is 0 Å². The van der Waals surface area contributed by atoms with Gasteiger partial charge in [0.05, 0.1) is 5.52 Å². The minimum absolute atomic E-state index is 0.896. The van der Waals surface area contributed by atoms with E-state index in [9.17, 15) is 0 Å². The smallest absolute Gasteiger partial charge is 0.178 e. The average molecular weight is 245 g/mol. The molecule has 0 aliphatic heterocycles. The van der Waals surface area contributed by atoms with Gasteiger partial charge in [-0.1, -0.05) is 26.7 Å². The van der Waals surface area contributed by atoms with Gasteiger partial charge in [-0.15, -0.1) is 0 Å². The summed E-state index contributed by atoms with van der Waals surface area (Å²) in [6.45, 7) is 6.55. The number of rotatable bonds is 6. The van der Waals surface area contributed by atoms with Crippen LogP contribution in [0.15, 0.2) is 6.07 Å². The molecule has 2 aromatic heterocycles. The second-order valence-electron chi connectivity index (χ2n) is 5.02. The van der Waals surface area contributed by atoms with Crippen LogP contribution in [-0.4, -0.2) is 15.0 Å². The molecule has 0 saturated carbocycles. The van der Waals surface area contributed by atoms with Crippen molar-refractivity contribution in [3.63, 3.8) is 0 Å². The van der Waals surface area contributed by atoms with Gasteiger partial charge in [-0.2, -0.15) is 0 Å². The van der Waals surface area contributed by atoms with E-state index in [0.717, 1.165) is 29.8 Å². The van der Waals surface area contributed by atoms with Crippen molar-refractivity contribution in [2.45, 2.75) is 59.3 Å². The molecule has 0 radical (unpaired) electrons. The maximum absolute atomic E-state index is 4.66. The maximum Gasteiger partial charge on any atom is 0.178 e. The first kappa shape index (κ1) is 13.1. The Morgan fingerprint density at radius 2 is 1.78 bits per heavy atom. The largest absolute Gasteiger partial charge is 0.340 e. The molecule has 98 valence electrons. The molecule has 0 fully saturated rings. The first-order valence-electron chi connectivity index (χ1n) is 7.09. The summed E-state index contributed by atoms with van der Waals surface area (Å²) in [6.07, 6.45) is 6.87. The first-order valence-corrected chi connectivity index (χ1v) is 7.09. The van der Waals surface area contributed by atoms with Crippen LogP contribution in [0.1, 0.15) is 56.6 Å². The van der Waals surface area contributed by atoms with Gasteiger partial charge >= 0.3 is 0 Å². The number of hydrogen-bond donors (Lipinski definition) is 1. The predicted octanol–water partition coefficient (Wildman–Crippen LogP) is 3.95. The van der Waals surface area contributed by atoms with Gasteiger partial charge in [-0.05, 0) is 37.8 Å². The van der Waals surface area contributed by atoms with Gasteiger partial charge in [-0.25, -0.2) is 9.97 Å². The zero-order chi connectivity index (χ0) is 13.0. The Morgan fingerprint density at radius 3 is 2.50 bits per heavy atom. The maximum atomic E-state index is 4.66. The lowest BCUT2D eigenvalue weighted by Gasteiger charge is -2.01. The molecule has 1 N–H and O–H groups in total. The number of pyridine rings is 1. The minimum atomic E-state index is 0.896. The number of imidazole rings is 1. The van der Waals surface area contributed by atoms with Crippen molar-refractivity contribution < 1.29 is 0 Å². The number of nitrogens with one attached hydrogen (secondary N) is 1. The predicted molar refractivity (Wildman–Crippen MR) is 75.8 cm³/mol. The molecule has 2 aromatic rings. The highest BCUT2D eigenvalue weighted by Gasteiger charge is 2.08. The second-order valence-corrected chi connectivity index (χ2v) is 5.02. The Kier molecular flexibility index (Phi) is 4.34. The lowest BCUT2D eigenvalue weighted by atomic mass is 10.1. The van der Waals surface area contributed by atoms with Crippen molar-refractivity contribution in [2.75, 3.05) is 0 Å². The lowest BCUT2D eigenvalue weighted by Crippen LogP contribution is -1.92. The fourth-order valence-electron chi connectivity index (χ4n) is 2.21. The number of H-pyrrole nitrogens is 1. The number of fused-ring (bicyclic) bond motifs is 1. The van der Waals surface area contributed by atoms with Gasteiger partial charge in [0.2, 0.25) is 0 Å². The highest BCUT2D eigenvalue weighted by Crippen LogP contribution is 2.17. The Morgan fingerprint density at radius 1 is 1.06 bits per heavy atom. The van der Waals surface area contributed by atoms with Crippen molar-refractivity contribution in [3.05, 3.63) is 23.1 Å². The van der Waals surface area contributed by atoms with Gasteiger partial charge in [0.25, 0.3) is 0 Å². The zero-order valence-electron chi connectivity index (χ0n) is 11.7. The monoisotopic (exact) mass is 245 g/mol. The molecule has 0 aromatic carbocycles. The molecule has 3 heteroatoms. The molecule has 0 saturated heterocycles. The van der Waals surface area contributed by atoms with E-state index in [1.54, 1.807) is 0 Å². The highest BCUT2D eigenvalue weighted by molar-refractivity contribution is 5.74. The van der Waals surface area contributed by atoms with Crippen LogP contribution in [-0.2, 0) is 12.8 Å². The van der Waals surface area contributed by atoms with Crippen molar-refractivity contribution in [2.24, 2.45) is 0 Å². The van der Waals surface area contributed by atoms with E-state index < -0.39 is 0 Å². The second kappa shape index (κ2) is 5.98. The molecule has 0 aliphatic carbocycles. The minimum Gasteiger partial charge on any atom is -0.340 e. The third-order valence-corrected chi connectivity index (χ3v) is 3.31. The average Bonchev–Trinajstić information content (AvgIpc) is 2.77.